The molecule has 2 rings (SSSR count). The molecule has 1 aromatic rings. The fraction of sp³-hybridized carbons (Fsp3) is 0.667. The Bertz CT molecular complexity index is 465. The molecule has 0 aliphatic carbocycles. The highest BCUT2D eigenvalue weighted by Gasteiger charge is 2.24. The van der Waals surface area contributed by atoms with Crippen LogP contribution in [0.5, 0.6) is 0 Å². The molecular formula is C12H19N5O2. The second-order valence-electron chi connectivity index (χ2n) is 4.93. The van der Waals surface area contributed by atoms with E-state index in [2.05, 4.69) is 22.2 Å². The number of nitrogens with zero attached hydrogens (tertiary/aromatic N) is 4. The third-order valence-electron chi connectivity index (χ3n) is 3.49. The maximum Gasteiger partial charge on any atom is 0.329 e. The standard InChI is InChI=1S/C12H19N5O2/c1-9-4-3-6-16(7-5-9)11-10(17(18)19)8-14-12(13-2)15-11/h8-9H,3-7H2,1-2H3,(H,13,14,15). The number of hydrogen-bond acceptors (Lipinski definition) is 6. The van der Waals surface area contributed by atoms with E-state index in [-0.39, 0.29) is 5.69 Å². The van der Waals surface area contributed by atoms with E-state index in [1.54, 1.807) is 7.05 Å². The molecular weight excluding hydrogens is 246 g/mol. The van der Waals surface area contributed by atoms with Crippen molar-refractivity contribution in [1.29, 1.82) is 0 Å². The van der Waals surface area contributed by atoms with Gasteiger partial charge in [0.2, 0.25) is 11.8 Å². The fourth-order valence-corrected chi connectivity index (χ4v) is 2.32. The molecule has 1 fully saturated rings. The van der Waals surface area contributed by atoms with E-state index in [0.29, 0.717) is 17.7 Å². The summed E-state index contributed by atoms with van der Waals surface area (Å²) in [6.07, 6.45) is 4.52. The molecule has 1 N–H and O–H groups in total. The topological polar surface area (TPSA) is 84.2 Å². The molecule has 1 unspecified atom stereocenters. The van der Waals surface area contributed by atoms with Gasteiger partial charge in [-0.1, -0.05) is 6.92 Å². The number of hydrogen-bond donors (Lipinski definition) is 1. The second-order valence-corrected chi connectivity index (χ2v) is 4.93. The Morgan fingerprint density at radius 3 is 2.95 bits per heavy atom. The zero-order chi connectivity index (χ0) is 13.8. The van der Waals surface area contributed by atoms with Crippen LogP contribution in [0.15, 0.2) is 6.20 Å². The minimum atomic E-state index is -0.414. The molecule has 2 heterocycles. The summed E-state index contributed by atoms with van der Waals surface area (Å²) in [6, 6.07) is 0. The third-order valence-corrected chi connectivity index (χ3v) is 3.49. The van der Waals surface area contributed by atoms with Crippen LogP contribution < -0.4 is 10.2 Å². The average molecular weight is 265 g/mol. The summed E-state index contributed by atoms with van der Waals surface area (Å²) in [6.45, 7) is 3.84. The van der Waals surface area contributed by atoms with E-state index in [1.165, 1.54) is 6.20 Å². The van der Waals surface area contributed by atoms with Crippen molar-refractivity contribution in [2.75, 3.05) is 30.4 Å². The second kappa shape index (κ2) is 5.81. The number of nitro groups is 1. The Kier molecular flexibility index (Phi) is 4.13. The summed E-state index contributed by atoms with van der Waals surface area (Å²) in [5.74, 6) is 1.51. The van der Waals surface area contributed by atoms with E-state index in [9.17, 15) is 10.1 Å². The minimum absolute atomic E-state index is 0.0199. The third kappa shape index (κ3) is 3.10. The first-order chi connectivity index (χ1) is 9.11. The van der Waals surface area contributed by atoms with Crippen molar-refractivity contribution < 1.29 is 4.92 Å². The zero-order valence-corrected chi connectivity index (χ0v) is 11.3. The average Bonchev–Trinajstić information content (AvgIpc) is 2.62. The molecule has 0 saturated carbocycles. The largest absolute Gasteiger partial charge is 0.357 e. The van der Waals surface area contributed by atoms with Gasteiger partial charge < -0.3 is 10.2 Å². The van der Waals surface area contributed by atoms with E-state index in [1.807, 2.05) is 4.90 Å². The predicted octanol–water partition coefficient (Wildman–Crippen LogP) is 2.05. The smallest absolute Gasteiger partial charge is 0.329 e. The Balaban J connectivity index is 2.32. The van der Waals surface area contributed by atoms with Crippen molar-refractivity contribution in [3.8, 4) is 0 Å². The molecule has 1 aromatic heterocycles. The van der Waals surface area contributed by atoms with Crippen molar-refractivity contribution in [2.45, 2.75) is 26.2 Å². The van der Waals surface area contributed by atoms with Gasteiger partial charge in [0.05, 0.1) is 4.92 Å². The first-order valence-electron chi connectivity index (χ1n) is 6.56. The van der Waals surface area contributed by atoms with Gasteiger partial charge in [0.25, 0.3) is 0 Å². The van der Waals surface area contributed by atoms with Crippen LogP contribution in [0.25, 0.3) is 0 Å². The summed E-state index contributed by atoms with van der Waals surface area (Å²) in [4.78, 5) is 20.9. The molecule has 0 radical (unpaired) electrons. The molecule has 1 atom stereocenters. The van der Waals surface area contributed by atoms with Gasteiger partial charge in [-0.25, -0.2) is 4.98 Å². The van der Waals surface area contributed by atoms with Gasteiger partial charge in [-0.2, -0.15) is 4.98 Å². The van der Waals surface area contributed by atoms with Gasteiger partial charge in [-0.15, -0.1) is 0 Å². The molecule has 0 amide bonds. The SMILES string of the molecule is CNc1ncc([N+](=O)[O-])c(N2CCCC(C)CC2)n1. The Hall–Kier alpha value is -1.92. The Labute approximate surface area is 112 Å². The highest BCUT2D eigenvalue weighted by Crippen LogP contribution is 2.29. The number of aromatic nitrogens is 2. The summed E-state index contributed by atoms with van der Waals surface area (Å²) >= 11 is 0. The number of rotatable bonds is 3. The van der Waals surface area contributed by atoms with Gasteiger partial charge in [-0.3, -0.25) is 10.1 Å². The maximum atomic E-state index is 11.1. The Morgan fingerprint density at radius 1 is 1.47 bits per heavy atom. The highest BCUT2D eigenvalue weighted by atomic mass is 16.6. The van der Waals surface area contributed by atoms with Crippen molar-refractivity contribution in [1.82, 2.24) is 9.97 Å². The quantitative estimate of drug-likeness (QED) is 0.665. The van der Waals surface area contributed by atoms with E-state index in [4.69, 9.17) is 0 Å². The lowest BCUT2D eigenvalue weighted by Crippen LogP contribution is -2.26. The summed E-state index contributed by atoms with van der Waals surface area (Å²) in [5.41, 5.74) is -0.0199. The number of anilines is 2. The van der Waals surface area contributed by atoms with E-state index >= 15 is 0 Å². The molecule has 0 bridgehead atoms. The lowest BCUT2D eigenvalue weighted by Gasteiger charge is -2.21. The summed E-state index contributed by atoms with van der Waals surface area (Å²) < 4.78 is 0. The van der Waals surface area contributed by atoms with Gasteiger partial charge in [-0.05, 0) is 25.2 Å². The molecule has 1 aliphatic rings. The summed E-state index contributed by atoms with van der Waals surface area (Å²) in [5, 5.41) is 13.9. The van der Waals surface area contributed by atoms with Gasteiger partial charge in [0, 0.05) is 20.1 Å². The molecule has 1 aliphatic heterocycles. The number of nitrogens with one attached hydrogen (secondary N) is 1. The minimum Gasteiger partial charge on any atom is -0.357 e. The van der Waals surface area contributed by atoms with Crippen molar-refractivity contribution >= 4 is 17.5 Å². The normalized spacial score (nSPS) is 19.9. The fourth-order valence-electron chi connectivity index (χ4n) is 2.32. The van der Waals surface area contributed by atoms with Crippen LogP contribution in [-0.2, 0) is 0 Å². The van der Waals surface area contributed by atoms with Crippen molar-refractivity contribution in [2.24, 2.45) is 5.92 Å². The monoisotopic (exact) mass is 265 g/mol. The van der Waals surface area contributed by atoms with E-state index < -0.39 is 4.92 Å². The van der Waals surface area contributed by atoms with Crippen LogP contribution in [0.1, 0.15) is 26.2 Å². The van der Waals surface area contributed by atoms with Gasteiger partial charge in [0.15, 0.2) is 0 Å². The van der Waals surface area contributed by atoms with Crippen LogP contribution in [0, 0.1) is 16.0 Å². The predicted molar refractivity (Wildman–Crippen MR) is 73.5 cm³/mol. The summed E-state index contributed by atoms with van der Waals surface area (Å²) in [7, 11) is 1.70. The maximum absolute atomic E-state index is 11.1. The van der Waals surface area contributed by atoms with Crippen LogP contribution >= 0.6 is 0 Å². The molecule has 7 nitrogen and oxygen atoms in total. The van der Waals surface area contributed by atoms with Crippen LogP contribution in [0.4, 0.5) is 17.5 Å². The zero-order valence-electron chi connectivity index (χ0n) is 11.3. The first-order valence-corrected chi connectivity index (χ1v) is 6.56. The molecule has 104 valence electrons. The molecule has 0 aromatic carbocycles. The first kappa shape index (κ1) is 13.5. The lowest BCUT2D eigenvalue weighted by atomic mass is 10.0. The van der Waals surface area contributed by atoms with Crippen LogP contribution in [-0.4, -0.2) is 35.0 Å². The highest BCUT2D eigenvalue weighted by molar-refractivity contribution is 5.58. The Morgan fingerprint density at radius 2 is 2.26 bits per heavy atom. The lowest BCUT2D eigenvalue weighted by molar-refractivity contribution is -0.384. The molecule has 1 saturated heterocycles. The van der Waals surface area contributed by atoms with Crippen LogP contribution in [0.2, 0.25) is 0 Å². The molecule has 0 spiro atoms. The van der Waals surface area contributed by atoms with Crippen molar-refractivity contribution in [3.05, 3.63) is 16.3 Å². The van der Waals surface area contributed by atoms with Crippen LogP contribution in [0.3, 0.4) is 0 Å². The van der Waals surface area contributed by atoms with E-state index in [0.717, 1.165) is 32.4 Å². The van der Waals surface area contributed by atoms with Crippen molar-refractivity contribution in [3.63, 3.8) is 0 Å². The molecule has 19 heavy (non-hydrogen) atoms. The van der Waals surface area contributed by atoms with Gasteiger partial charge >= 0.3 is 5.69 Å². The molecule has 7 heteroatoms. The van der Waals surface area contributed by atoms with Gasteiger partial charge in [0.1, 0.15) is 6.20 Å².